The normalized spacial score (nSPS) is 14.2. The molecule has 7 heteroatoms. The van der Waals surface area contributed by atoms with E-state index in [0.29, 0.717) is 23.6 Å². The molecule has 1 aliphatic heterocycles. The second-order valence-corrected chi connectivity index (χ2v) is 4.39. The molecule has 0 unspecified atom stereocenters. The molecule has 1 atom stereocenters. The van der Waals surface area contributed by atoms with Gasteiger partial charge in [0.25, 0.3) is 0 Å². The fourth-order valence-electron chi connectivity index (χ4n) is 2.19. The lowest BCUT2D eigenvalue weighted by molar-refractivity contribution is -0.141. The molecule has 104 valence electrons. The number of hydrogen-bond acceptors (Lipinski definition) is 5. The molecule has 20 heavy (non-hydrogen) atoms. The topological polar surface area (TPSA) is 86.5 Å². The van der Waals surface area contributed by atoms with Crippen molar-refractivity contribution in [1.82, 2.24) is 15.0 Å². The lowest BCUT2D eigenvalue weighted by Crippen LogP contribution is -2.20. The van der Waals surface area contributed by atoms with E-state index in [-0.39, 0.29) is 6.79 Å². The van der Waals surface area contributed by atoms with Crippen molar-refractivity contribution in [3.8, 4) is 22.8 Å². The molecule has 0 spiro atoms. The van der Waals surface area contributed by atoms with Crippen LogP contribution < -0.4 is 9.47 Å². The van der Waals surface area contributed by atoms with Crippen molar-refractivity contribution in [2.75, 3.05) is 6.79 Å². The van der Waals surface area contributed by atoms with Crippen LogP contribution in [0.15, 0.2) is 24.4 Å². The number of fused-ring (bicyclic) bond motifs is 1. The number of carboxylic acids is 1. The summed E-state index contributed by atoms with van der Waals surface area (Å²) in [5.74, 6) is 0.386. The molecular formula is C13H13N3O4. The van der Waals surface area contributed by atoms with Crippen LogP contribution in [-0.4, -0.2) is 32.9 Å². The van der Waals surface area contributed by atoms with E-state index in [4.69, 9.17) is 9.47 Å². The minimum absolute atomic E-state index is 0.197. The molecule has 0 amide bonds. The highest BCUT2D eigenvalue weighted by molar-refractivity contribution is 5.73. The molecule has 1 aromatic heterocycles. The molecule has 3 rings (SSSR count). The summed E-state index contributed by atoms with van der Waals surface area (Å²) < 4.78 is 12.0. The number of benzene rings is 1. The predicted octanol–water partition coefficient (Wildman–Crippen LogP) is 1.71. The molecule has 0 bridgehead atoms. The maximum atomic E-state index is 11.3. The zero-order valence-corrected chi connectivity index (χ0v) is 10.8. The lowest BCUT2D eigenvalue weighted by atomic mass is 10.1. The van der Waals surface area contributed by atoms with Crippen LogP contribution in [0, 0.1) is 0 Å². The van der Waals surface area contributed by atoms with E-state index in [1.165, 1.54) is 4.68 Å². The monoisotopic (exact) mass is 275 g/mol. The van der Waals surface area contributed by atoms with Crippen LogP contribution in [-0.2, 0) is 4.79 Å². The summed E-state index contributed by atoms with van der Waals surface area (Å²) in [5.41, 5.74) is 1.43. The molecule has 0 aliphatic carbocycles. The number of hydrogen-bond donors (Lipinski definition) is 1. The Morgan fingerprint density at radius 2 is 2.25 bits per heavy atom. The molecule has 1 aromatic carbocycles. The van der Waals surface area contributed by atoms with Crippen LogP contribution in [0.5, 0.6) is 11.5 Å². The minimum Gasteiger partial charge on any atom is -0.480 e. The Bertz CT molecular complexity index is 653. The smallest absolute Gasteiger partial charge is 0.328 e. The Morgan fingerprint density at radius 1 is 1.45 bits per heavy atom. The SMILES string of the molecule is CC[C@H](C(=O)O)n1nncc1-c1ccc2c(c1)OCO2. The molecule has 0 saturated carbocycles. The van der Waals surface area contributed by atoms with Crippen molar-refractivity contribution >= 4 is 5.97 Å². The van der Waals surface area contributed by atoms with E-state index < -0.39 is 12.0 Å². The first-order valence-corrected chi connectivity index (χ1v) is 6.23. The van der Waals surface area contributed by atoms with Crippen molar-refractivity contribution in [3.63, 3.8) is 0 Å². The highest BCUT2D eigenvalue weighted by atomic mass is 16.7. The third kappa shape index (κ3) is 1.97. The Hall–Kier alpha value is -2.57. The number of aromatic nitrogens is 3. The fourth-order valence-corrected chi connectivity index (χ4v) is 2.19. The number of carboxylic acid groups (broad SMARTS) is 1. The van der Waals surface area contributed by atoms with Crippen molar-refractivity contribution in [2.24, 2.45) is 0 Å². The first-order valence-electron chi connectivity index (χ1n) is 6.23. The number of aliphatic carboxylic acids is 1. The average molecular weight is 275 g/mol. The van der Waals surface area contributed by atoms with Gasteiger partial charge in [-0.25, -0.2) is 9.48 Å². The van der Waals surface area contributed by atoms with Gasteiger partial charge >= 0.3 is 5.97 Å². The Morgan fingerprint density at radius 3 is 3.00 bits per heavy atom. The van der Waals surface area contributed by atoms with Gasteiger partial charge in [0.15, 0.2) is 17.5 Å². The molecule has 0 fully saturated rings. The predicted molar refractivity (Wildman–Crippen MR) is 68.5 cm³/mol. The van der Waals surface area contributed by atoms with Crippen LogP contribution in [0.3, 0.4) is 0 Å². The quantitative estimate of drug-likeness (QED) is 0.914. The number of carbonyl (C=O) groups is 1. The highest BCUT2D eigenvalue weighted by Crippen LogP contribution is 2.36. The number of rotatable bonds is 4. The second-order valence-electron chi connectivity index (χ2n) is 4.39. The molecule has 0 radical (unpaired) electrons. The molecule has 0 saturated heterocycles. The summed E-state index contributed by atoms with van der Waals surface area (Å²) >= 11 is 0. The standard InChI is InChI=1S/C13H13N3O4/c1-2-9(13(17)18)16-10(6-14-15-16)8-3-4-11-12(5-8)20-7-19-11/h3-6,9H,2,7H2,1H3,(H,17,18)/t9-/m1/s1. The van der Waals surface area contributed by atoms with Crippen molar-refractivity contribution < 1.29 is 19.4 Å². The van der Waals surface area contributed by atoms with Gasteiger partial charge in [0.2, 0.25) is 6.79 Å². The van der Waals surface area contributed by atoms with Crippen molar-refractivity contribution in [2.45, 2.75) is 19.4 Å². The zero-order valence-electron chi connectivity index (χ0n) is 10.8. The summed E-state index contributed by atoms with van der Waals surface area (Å²) in [6.45, 7) is 1.99. The zero-order chi connectivity index (χ0) is 14.1. The maximum absolute atomic E-state index is 11.3. The summed E-state index contributed by atoms with van der Waals surface area (Å²) in [6, 6.07) is 4.68. The van der Waals surface area contributed by atoms with E-state index in [9.17, 15) is 9.90 Å². The van der Waals surface area contributed by atoms with E-state index in [1.807, 2.05) is 6.07 Å². The van der Waals surface area contributed by atoms with Gasteiger partial charge in [0, 0.05) is 5.56 Å². The molecule has 7 nitrogen and oxygen atoms in total. The first kappa shape index (κ1) is 12.5. The average Bonchev–Trinajstić information content (AvgIpc) is 3.06. The Labute approximate surface area is 114 Å². The van der Waals surface area contributed by atoms with Crippen LogP contribution in [0.1, 0.15) is 19.4 Å². The molecular weight excluding hydrogens is 262 g/mol. The van der Waals surface area contributed by atoms with Gasteiger partial charge in [-0.3, -0.25) is 0 Å². The summed E-state index contributed by atoms with van der Waals surface area (Å²) in [4.78, 5) is 11.3. The summed E-state index contributed by atoms with van der Waals surface area (Å²) in [7, 11) is 0. The summed E-state index contributed by atoms with van der Waals surface area (Å²) in [6.07, 6.45) is 1.97. The molecule has 1 aliphatic rings. The minimum atomic E-state index is -0.931. The van der Waals surface area contributed by atoms with E-state index >= 15 is 0 Å². The maximum Gasteiger partial charge on any atom is 0.328 e. The molecule has 1 N–H and O–H groups in total. The largest absolute Gasteiger partial charge is 0.480 e. The lowest BCUT2D eigenvalue weighted by Gasteiger charge is -2.13. The van der Waals surface area contributed by atoms with Crippen LogP contribution in [0.4, 0.5) is 0 Å². The van der Waals surface area contributed by atoms with E-state index in [2.05, 4.69) is 10.3 Å². The third-order valence-electron chi connectivity index (χ3n) is 3.21. The van der Waals surface area contributed by atoms with Crippen molar-refractivity contribution in [1.29, 1.82) is 0 Å². The summed E-state index contributed by atoms with van der Waals surface area (Å²) in [5, 5.41) is 17.0. The van der Waals surface area contributed by atoms with Gasteiger partial charge < -0.3 is 14.6 Å². The van der Waals surface area contributed by atoms with Gasteiger partial charge in [-0.05, 0) is 24.6 Å². The van der Waals surface area contributed by atoms with E-state index in [0.717, 1.165) is 5.56 Å². The molecule has 2 heterocycles. The Kier molecular flexibility index (Phi) is 3.02. The Balaban J connectivity index is 2.03. The third-order valence-corrected chi connectivity index (χ3v) is 3.21. The molecule has 2 aromatic rings. The number of ether oxygens (including phenoxy) is 2. The van der Waals surface area contributed by atoms with Gasteiger partial charge in [0.1, 0.15) is 0 Å². The van der Waals surface area contributed by atoms with Gasteiger partial charge in [0.05, 0.1) is 11.9 Å². The van der Waals surface area contributed by atoms with Crippen LogP contribution >= 0.6 is 0 Å². The first-order chi connectivity index (χ1) is 9.70. The highest BCUT2D eigenvalue weighted by Gasteiger charge is 2.23. The van der Waals surface area contributed by atoms with Gasteiger partial charge in [-0.15, -0.1) is 5.10 Å². The fraction of sp³-hybridized carbons (Fsp3) is 0.308. The van der Waals surface area contributed by atoms with Crippen LogP contribution in [0.25, 0.3) is 11.3 Å². The van der Waals surface area contributed by atoms with E-state index in [1.54, 1.807) is 25.3 Å². The van der Waals surface area contributed by atoms with Gasteiger partial charge in [-0.1, -0.05) is 12.1 Å². The van der Waals surface area contributed by atoms with Crippen LogP contribution in [0.2, 0.25) is 0 Å². The second kappa shape index (κ2) is 4.84. The number of nitrogens with zero attached hydrogens (tertiary/aromatic N) is 3. The van der Waals surface area contributed by atoms with Crippen molar-refractivity contribution in [3.05, 3.63) is 24.4 Å². The van der Waals surface area contributed by atoms with Gasteiger partial charge in [-0.2, -0.15) is 0 Å².